The fraction of sp³-hybridized carbons (Fsp3) is 0.231. The maximum atomic E-state index is 11.8. The highest BCUT2D eigenvalue weighted by Crippen LogP contribution is 2.10. The van der Waals surface area contributed by atoms with Crippen LogP contribution in [0, 0.1) is 0 Å². The third-order valence-corrected chi connectivity index (χ3v) is 2.67. The molecule has 94 valence electrons. The van der Waals surface area contributed by atoms with Gasteiger partial charge in [-0.25, -0.2) is 5.48 Å². The molecular weight excluding hydrogens is 232 g/mol. The molecule has 18 heavy (non-hydrogen) atoms. The van der Waals surface area contributed by atoms with Crippen molar-refractivity contribution in [2.24, 2.45) is 0 Å². The number of benzene rings is 1. The van der Waals surface area contributed by atoms with Gasteiger partial charge < -0.3 is 4.98 Å². The van der Waals surface area contributed by atoms with Gasteiger partial charge in [0.25, 0.3) is 5.56 Å². The summed E-state index contributed by atoms with van der Waals surface area (Å²) in [5.41, 5.74) is 3.46. The number of carbonyl (C=O) groups is 1. The minimum absolute atomic E-state index is 0.154. The second-order valence-electron chi connectivity index (χ2n) is 3.94. The third-order valence-electron chi connectivity index (χ3n) is 2.67. The number of aromatic nitrogens is 1. The van der Waals surface area contributed by atoms with E-state index in [9.17, 15) is 9.59 Å². The Morgan fingerprint density at radius 3 is 2.94 bits per heavy atom. The summed E-state index contributed by atoms with van der Waals surface area (Å²) in [7, 11) is 1.38. The highest BCUT2D eigenvalue weighted by atomic mass is 16.6. The Bertz CT molecular complexity index is 619. The zero-order valence-electron chi connectivity index (χ0n) is 10.0. The average Bonchev–Trinajstić information content (AvgIpc) is 2.36. The molecule has 2 aromatic rings. The first-order valence-electron chi connectivity index (χ1n) is 5.63. The summed E-state index contributed by atoms with van der Waals surface area (Å²) < 4.78 is 0. The van der Waals surface area contributed by atoms with E-state index >= 15 is 0 Å². The fourth-order valence-electron chi connectivity index (χ4n) is 1.79. The van der Waals surface area contributed by atoms with Crippen molar-refractivity contribution in [2.45, 2.75) is 12.8 Å². The number of fused-ring (bicyclic) bond motifs is 1. The van der Waals surface area contributed by atoms with Gasteiger partial charge in [0.05, 0.1) is 7.11 Å². The van der Waals surface area contributed by atoms with E-state index in [1.165, 1.54) is 7.11 Å². The van der Waals surface area contributed by atoms with Gasteiger partial charge in [-0.2, -0.15) is 0 Å². The molecule has 0 aliphatic heterocycles. The van der Waals surface area contributed by atoms with Crippen LogP contribution in [0.15, 0.2) is 35.1 Å². The van der Waals surface area contributed by atoms with Gasteiger partial charge in [-0.15, -0.1) is 0 Å². The van der Waals surface area contributed by atoms with E-state index in [1.54, 1.807) is 0 Å². The molecule has 0 aliphatic rings. The number of aromatic amines is 1. The molecule has 0 radical (unpaired) electrons. The predicted molar refractivity (Wildman–Crippen MR) is 68.0 cm³/mol. The van der Waals surface area contributed by atoms with Crippen molar-refractivity contribution in [3.63, 3.8) is 0 Å². The van der Waals surface area contributed by atoms with Gasteiger partial charge >= 0.3 is 0 Å². The molecule has 1 aromatic carbocycles. The van der Waals surface area contributed by atoms with Crippen molar-refractivity contribution in [3.05, 3.63) is 46.2 Å². The quantitative estimate of drug-likeness (QED) is 0.795. The van der Waals surface area contributed by atoms with Gasteiger partial charge in [-0.3, -0.25) is 14.4 Å². The zero-order chi connectivity index (χ0) is 13.0. The number of pyridine rings is 1. The van der Waals surface area contributed by atoms with Gasteiger partial charge in [0, 0.05) is 17.5 Å². The number of H-pyrrole nitrogens is 1. The molecule has 0 saturated carbocycles. The van der Waals surface area contributed by atoms with Crippen LogP contribution in [-0.2, 0) is 16.1 Å². The van der Waals surface area contributed by atoms with Crippen molar-refractivity contribution in [1.82, 2.24) is 10.5 Å². The fourth-order valence-corrected chi connectivity index (χ4v) is 1.79. The Kier molecular flexibility index (Phi) is 3.74. The summed E-state index contributed by atoms with van der Waals surface area (Å²) in [6.45, 7) is 0. The Hall–Kier alpha value is -2.14. The number of nitrogens with one attached hydrogen (secondary N) is 2. The van der Waals surface area contributed by atoms with E-state index in [0.717, 1.165) is 10.9 Å². The molecule has 2 N–H and O–H groups in total. The summed E-state index contributed by atoms with van der Waals surface area (Å²) in [6.07, 6.45) is 0.602. The molecule has 0 spiro atoms. The Morgan fingerprint density at radius 2 is 2.17 bits per heavy atom. The number of hydroxylamine groups is 1. The van der Waals surface area contributed by atoms with Crippen molar-refractivity contribution in [1.29, 1.82) is 0 Å². The van der Waals surface area contributed by atoms with Crippen molar-refractivity contribution >= 4 is 16.8 Å². The molecule has 1 heterocycles. The van der Waals surface area contributed by atoms with Gasteiger partial charge in [0.15, 0.2) is 0 Å². The Labute approximate surface area is 104 Å². The first-order chi connectivity index (χ1) is 8.70. The van der Waals surface area contributed by atoms with Crippen LogP contribution < -0.4 is 11.0 Å². The molecule has 0 unspecified atom stereocenters. The van der Waals surface area contributed by atoms with Crippen LogP contribution in [-0.4, -0.2) is 18.0 Å². The molecule has 0 atom stereocenters. The number of hydrogen-bond donors (Lipinski definition) is 2. The van der Waals surface area contributed by atoms with Crippen molar-refractivity contribution < 1.29 is 9.63 Å². The molecule has 0 aliphatic carbocycles. The van der Waals surface area contributed by atoms with Crippen molar-refractivity contribution in [3.8, 4) is 0 Å². The molecule has 0 fully saturated rings. The summed E-state index contributed by atoms with van der Waals surface area (Å²) in [6, 6.07) is 9.35. The zero-order valence-corrected chi connectivity index (χ0v) is 10.0. The minimum atomic E-state index is -0.245. The molecule has 0 bridgehead atoms. The van der Waals surface area contributed by atoms with Crippen LogP contribution in [0.25, 0.3) is 10.9 Å². The van der Waals surface area contributed by atoms with Crippen LogP contribution in [0.1, 0.15) is 12.0 Å². The number of aryl methyl sites for hydroxylation is 1. The maximum Gasteiger partial charge on any atom is 0.251 e. The second-order valence-corrected chi connectivity index (χ2v) is 3.94. The molecule has 5 heteroatoms. The topological polar surface area (TPSA) is 71.2 Å². The molecule has 5 nitrogen and oxygen atoms in total. The van der Waals surface area contributed by atoms with Crippen LogP contribution in [0.2, 0.25) is 0 Å². The Morgan fingerprint density at radius 1 is 1.39 bits per heavy atom. The number of rotatable bonds is 4. The number of para-hydroxylation sites is 1. The predicted octanol–water partition coefficient (Wildman–Crippen LogP) is 1.14. The number of amides is 1. The smallest absolute Gasteiger partial charge is 0.251 e. The van der Waals surface area contributed by atoms with E-state index in [-0.39, 0.29) is 17.9 Å². The summed E-state index contributed by atoms with van der Waals surface area (Å²) >= 11 is 0. The lowest BCUT2D eigenvalue weighted by atomic mass is 10.1. The van der Waals surface area contributed by atoms with Crippen molar-refractivity contribution in [2.75, 3.05) is 7.11 Å². The summed E-state index contributed by atoms with van der Waals surface area (Å²) in [5, 5.41) is 0.958. The minimum Gasteiger partial charge on any atom is -0.322 e. The highest BCUT2D eigenvalue weighted by molar-refractivity contribution is 5.79. The summed E-state index contributed by atoms with van der Waals surface area (Å²) in [4.78, 5) is 30.3. The number of hydrogen-bond acceptors (Lipinski definition) is 3. The first-order valence-corrected chi connectivity index (χ1v) is 5.63. The SMILES string of the molecule is CONC(=O)CCc1cc2ccccc2[nH]c1=O. The maximum absolute atomic E-state index is 11.8. The van der Waals surface area contributed by atoms with Crippen LogP contribution in [0.4, 0.5) is 0 Å². The van der Waals surface area contributed by atoms with E-state index in [4.69, 9.17) is 0 Å². The van der Waals surface area contributed by atoms with E-state index in [2.05, 4.69) is 15.3 Å². The number of carbonyl (C=O) groups excluding carboxylic acids is 1. The molecule has 0 saturated heterocycles. The average molecular weight is 246 g/mol. The van der Waals surface area contributed by atoms with Gasteiger partial charge in [0.2, 0.25) is 5.91 Å². The van der Waals surface area contributed by atoms with Crippen LogP contribution in [0.3, 0.4) is 0 Å². The first kappa shape index (κ1) is 12.3. The van der Waals surface area contributed by atoms with Crippen LogP contribution >= 0.6 is 0 Å². The molecular formula is C13H14N2O3. The van der Waals surface area contributed by atoms with Gasteiger partial charge in [-0.1, -0.05) is 18.2 Å². The summed E-state index contributed by atoms with van der Waals surface area (Å²) in [5.74, 6) is -0.245. The van der Waals surface area contributed by atoms with E-state index < -0.39 is 0 Å². The lowest BCUT2D eigenvalue weighted by Crippen LogP contribution is -2.23. The Balaban J connectivity index is 2.20. The van der Waals surface area contributed by atoms with E-state index in [1.807, 2.05) is 30.3 Å². The normalized spacial score (nSPS) is 10.5. The largest absolute Gasteiger partial charge is 0.322 e. The third kappa shape index (κ3) is 2.75. The lowest BCUT2D eigenvalue weighted by molar-refractivity contribution is -0.131. The van der Waals surface area contributed by atoms with Crippen LogP contribution in [0.5, 0.6) is 0 Å². The van der Waals surface area contributed by atoms with Gasteiger partial charge in [0.1, 0.15) is 0 Å². The molecule has 1 amide bonds. The molecule has 2 rings (SSSR count). The molecule has 1 aromatic heterocycles. The van der Waals surface area contributed by atoms with Gasteiger partial charge in [-0.05, 0) is 23.9 Å². The lowest BCUT2D eigenvalue weighted by Gasteiger charge is -2.03. The monoisotopic (exact) mass is 246 g/mol. The highest BCUT2D eigenvalue weighted by Gasteiger charge is 2.06. The standard InChI is InChI=1S/C13H14N2O3/c1-18-15-12(16)7-6-10-8-9-4-2-3-5-11(9)14-13(10)17/h2-5,8H,6-7H2,1H3,(H,14,17)(H,15,16). The second kappa shape index (κ2) is 5.46. The van der Waals surface area contributed by atoms with E-state index in [0.29, 0.717) is 12.0 Å².